The van der Waals surface area contributed by atoms with Gasteiger partial charge in [0, 0.05) is 90.2 Å². The van der Waals surface area contributed by atoms with Crippen molar-refractivity contribution in [1.29, 1.82) is 0 Å². The SMILES string of the molecule is CCO[C@@H]1C[C@@H]([C@H](C)C[C@@H]2CC[C@@H](O)[C@H](OC)C2)OC(=O)[C@@H]2CCCCN2C(=O)C(=O)[C@]2(O)O[C@@H](CC[C@H]2C)C[C@H](OC)/C(C)=C/C=C/C=C/[C@@H](C)C[C@@H](C)C(=NOCc2cn(CCOCCOCCOCCOCCOCCOCCOCCOCCC(=O)NCCCCn3nc(-c4ccc5oc(N)nc5c4)c4c(N)ncnc43)nn2)[C@H](OC)[C@H](O)/C(C)=C/[C@H]1C. The fourth-order valence-corrected chi connectivity index (χ4v) is 16.7. The van der Waals surface area contributed by atoms with Crippen molar-refractivity contribution in [2.45, 2.75) is 232 Å². The van der Waals surface area contributed by atoms with E-state index in [1.165, 1.54) is 18.3 Å². The molecule has 708 valence electrons. The van der Waals surface area contributed by atoms with Gasteiger partial charge in [-0.2, -0.15) is 10.1 Å². The summed E-state index contributed by atoms with van der Waals surface area (Å²) in [7, 11) is 4.73. The van der Waals surface area contributed by atoms with Crippen molar-refractivity contribution in [3.8, 4) is 11.3 Å². The average molecular weight is 1790 g/mol. The lowest BCUT2D eigenvalue weighted by atomic mass is 9.78. The number of piperidine rings is 1. The molecule has 9 rings (SSSR count). The molecule has 1 aromatic carbocycles. The second kappa shape index (κ2) is 54.5. The maximum atomic E-state index is 14.9. The Hall–Kier alpha value is -8.15. The van der Waals surface area contributed by atoms with Crippen LogP contribution in [0.4, 0.5) is 11.8 Å². The number of hydrogen-bond donors (Lipinski definition) is 6. The summed E-state index contributed by atoms with van der Waals surface area (Å²) in [5, 5.41) is 57.2. The smallest absolute Gasteiger partial charge is 0.329 e. The number of oxazole rings is 1. The Kier molecular flexibility index (Phi) is 44.0. The van der Waals surface area contributed by atoms with Crippen LogP contribution < -0.4 is 16.8 Å². The highest BCUT2D eigenvalue weighted by Gasteiger charge is 2.53. The highest BCUT2D eigenvalue weighted by Crippen LogP contribution is 2.40. The molecule has 0 unspecified atom stereocenters. The van der Waals surface area contributed by atoms with E-state index in [-0.39, 0.29) is 86.6 Å². The van der Waals surface area contributed by atoms with E-state index in [0.29, 0.717) is 234 Å². The summed E-state index contributed by atoms with van der Waals surface area (Å²) in [6.45, 7) is 23.7. The Bertz CT molecular complexity index is 4290. The topological polar surface area (TPSA) is 447 Å². The predicted octanol–water partition coefficient (Wildman–Crippen LogP) is 8.84. The number of aliphatic hydroxyl groups excluding tert-OH is 2. The number of aromatic nitrogens is 8. The molecule has 8 N–H and O–H groups in total. The molecule has 2 bridgehead atoms. The molecule has 5 aromatic rings. The minimum atomic E-state index is -2.44. The van der Waals surface area contributed by atoms with Gasteiger partial charge in [0.2, 0.25) is 11.7 Å². The number of anilines is 2. The van der Waals surface area contributed by atoms with Crippen LogP contribution in [0.25, 0.3) is 33.4 Å². The number of hydrogen-bond acceptors (Lipinski definition) is 32. The maximum absolute atomic E-state index is 14.9. The second-order valence-corrected chi connectivity index (χ2v) is 33.6. The summed E-state index contributed by atoms with van der Waals surface area (Å²) >= 11 is 0. The molecule has 36 heteroatoms. The van der Waals surface area contributed by atoms with Crippen LogP contribution >= 0.6 is 0 Å². The molecule has 0 radical (unpaired) electrons. The van der Waals surface area contributed by atoms with E-state index < -0.39 is 78.1 Å². The van der Waals surface area contributed by atoms with Gasteiger partial charge in [0.05, 0.1) is 160 Å². The van der Waals surface area contributed by atoms with Gasteiger partial charge in [-0.3, -0.25) is 14.4 Å². The Morgan fingerprint density at radius 1 is 0.748 bits per heavy atom. The van der Waals surface area contributed by atoms with Crippen LogP contribution in [0.1, 0.15) is 157 Å². The molecule has 1 saturated carbocycles. The molecule has 4 aromatic heterocycles. The van der Waals surface area contributed by atoms with Gasteiger partial charge in [-0.25, -0.2) is 24.1 Å². The number of methoxy groups -OCH3 is 3. The summed E-state index contributed by atoms with van der Waals surface area (Å²) in [5.41, 5.74) is 17.7. The van der Waals surface area contributed by atoms with E-state index in [1.807, 2.05) is 84.1 Å². The third-order valence-electron chi connectivity index (χ3n) is 23.9. The number of aryl methyl sites for hydroxylation is 1. The zero-order valence-electron chi connectivity index (χ0n) is 76.3. The predicted molar refractivity (Wildman–Crippen MR) is 473 cm³/mol. The van der Waals surface area contributed by atoms with E-state index in [9.17, 15) is 34.5 Å². The first-order valence-electron chi connectivity index (χ1n) is 45.3. The van der Waals surface area contributed by atoms with Crippen LogP contribution in [-0.4, -0.2) is 297 Å². The number of nitrogen functional groups attached to an aromatic ring is 2. The van der Waals surface area contributed by atoms with E-state index >= 15 is 0 Å². The standard InChI is InChI=1S/C91H141N13O23/c1-12-123-76-56-77(63(5)52-67-24-27-73(105)78(53-67)113-10)125-89(110)72-22-16-18-31-103(72)88(109)85(108)91(111)66(8)23-26-70(127-91)55-75(112-9)61(3)21-15-13-14-20-60(2)50-64(6)81(84(114-11)83(107)65(7)51-62(76)4)100-124-58-69-57-102(101-98-69)33-35-116-37-39-118-41-43-120-45-47-122-49-48-121-46-44-119-42-40-117-38-36-115-34-29-79(106)94-30-17-19-32-104-87-80(86(92)95-59-96-87)82(99-104)68-25-28-74-71(54-68)97-90(93)126-74/h13-15,20-21,25,28,51,54,57,59-60,62-64,66-67,70,72-73,75-78,83-84,105,107,111H,12,16-19,22-24,26-27,29-50,52-53,55-56,58H2,1-11H3,(H2,93,97)(H,94,106)(H2,92,95,96)/b15-13+,20-14+,61-21+,65-51+,100-81?/t60-,62-,63-,64-,66-,67+,70+,72+,73-,75+,76-,77+,78-,83-,84+,91-/m1/s1. The van der Waals surface area contributed by atoms with Crippen LogP contribution in [0, 0.1) is 35.5 Å². The number of amides is 2. The number of aliphatic hydroxyl groups is 3. The molecule has 36 nitrogen and oxygen atoms in total. The first kappa shape index (κ1) is 103. The molecule has 3 fully saturated rings. The number of benzene rings is 1. The van der Waals surface area contributed by atoms with Crippen LogP contribution in [0.15, 0.2) is 87.9 Å². The van der Waals surface area contributed by atoms with Gasteiger partial charge < -0.3 is 113 Å². The van der Waals surface area contributed by atoms with Crippen LogP contribution in [-0.2, 0) is 110 Å². The van der Waals surface area contributed by atoms with E-state index in [1.54, 1.807) is 42.8 Å². The zero-order valence-corrected chi connectivity index (χ0v) is 76.3. The van der Waals surface area contributed by atoms with Crippen LogP contribution in [0.2, 0.25) is 0 Å². The number of cyclic esters (lactones) is 1. The number of oxime groups is 1. The largest absolute Gasteiger partial charge is 0.460 e. The number of esters is 1. The van der Waals surface area contributed by atoms with Gasteiger partial charge in [0.25, 0.3) is 17.7 Å². The minimum Gasteiger partial charge on any atom is -0.460 e. The number of nitrogens with zero attached hydrogens (tertiary/aromatic N) is 10. The quantitative estimate of drug-likeness (QED) is 0.00696. The number of fused-ring (bicyclic) bond motifs is 5. The van der Waals surface area contributed by atoms with Crippen molar-refractivity contribution in [2.24, 2.45) is 40.7 Å². The molecule has 1 aliphatic carbocycles. The number of carbonyl (C=O) groups is 4. The Labute approximate surface area is 746 Å². The number of nitrogens with two attached hydrogens (primary N) is 2. The van der Waals surface area contributed by atoms with Gasteiger partial charge >= 0.3 is 5.97 Å². The number of nitrogens with one attached hydrogen (secondary N) is 1. The second-order valence-electron chi connectivity index (χ2n) is 33.6. The summed E-state index contributed by atoms with van der Waals surface area (Å²) in [5.74, 6) is -6.39. The summed E-state index contributed by atoms with van der Waals surface area (Å²) in [4.78, 5) is 76.8. The fraction of sp³-hybridized carbons (Fsp3) is 0.703. The molecule has 16 atom stereocenters. The first-order valence-corrected chi connectivity index (χ1v) is 45.3. The monoisotopic (exact) mass is 1780 g/mol. The molecule has 127 heavy (non-hydrogen) atoms. The number of ketones is 1. The van der Waals surface area contributed by atoms with Crippen molar-refractivity contribution in [3.63, 3.8) is 0 Å². The lowest BCUT2D eigenvalue weighted by Crippen LogP contribution is -2.61. The fourth-order valence-electron chi connectivity index (χ4n) is 16.7. The Morgan fingerprint density at radius 3 is 2.10 bits per heavy atom. The number of unbranched alkanes of at least 4 members (excludes halogenated alkanes) is 1. The third-order valence-corrected chi connectivity index (χ3v) is 23.9. The molecule has 0 spiro atoms. The molecular formula is C91H141N13O23. The Balaban J connectivity index is 0.653. The van der Waals surface area contributed by atoms with Gasteiger partial charge in [-0.15, -0.1) is 5.10 Å². The molecule has 2 amide bonds. The van der Waals surface area contributed by atoms with E-state index in [2.05, 4.69) is 43.6 Å². The normalized spacial score (nSPS) is 27.4. The van der Waals surface area contributed by atoms with Gasteiger partial charge in [-0.1, -0.05) is 81.4 Å². The van der Waals surface area contributed by atoms with Gasteiger partial charge in [0.15, 0.2) is 17.8 Å². The molecule has 4 aliphatic rings. The number of allylic oxidation sites excluding steroid dienone is 5. The summed E-state index contributed by atoms with van der Waals surface area (Å²) in [6, 6.07) is 4.47. The van der Waals surface area contributed by atoms with Crippen molar-refractivity contribution in [1.82, 2.24) is 49.9 Å². The van der Waals surface area contributed by atoms with Crippen molar-refractivity contribution < 1.29 is 110 Å². The van der Waals surface area contributed by atoms with Gasteiger partial charge in [-0.05, 0) is 145 Å². The number of ether oxygens (including phenoxy) is 14. The molecular weight excluding hydrogens is 1640 g/mol. The number of carbonyl (C=O) groups excluding carboxylic acids is 4. The van der Waals surface area contributed by atoms with Crippen LogP contribution in [0.3, 0.4) is 0 Å². The molecule has 3 aliphatic heterocycles. The summed E-state index contributed by atoms with van der Waals surface area (Å²) in [6.07, 6.45) is 17.3. The van der Waals surface area contributed by atoms with Gasteiger partial charge in [0.1, 0.15) is 53.4 Å². The number of Topliss-reactive ketones (excluding diaryl/α,β-unsaturated/α-hetero) is 1. The lowest BCUT2D eigenvalue weighted by molar-refractivity contribution is -0.265. The maximum Gasteiger partial charge on any atom is 0.329 e. The van der Waals surface area contributed by atoms with Crippen molar-refractivity contribution in [3.05, 3.63) is 84.0 Å². The minimum absolute atomic E-state index is 0.0209. The zero-order chi connectivity index (χ0) is 91.0. The van der Waals surface area contributed by atoms with E-state index in [4.69, 9.17) is 97.3 Å². The van der Waals surface area contributed by atoms with E-state index in [0.717, 1.165) is 30.4 Å². The average Bonchev–Trinajstić information content (AvgIpc) is 1.73. The lowest BCUT2D eigenvalue weighted by Gasteiger charge is -2.43. The van der Waals surface area contributed by atoms with Crippen LogP contribution in [0.5, 0.6) is 0 Å². The Morgan fingerprint density at radius 2 is 1.43 bits per heavy atom. The molecule has 7 heterocycles. The molecule has 2 saturated heterocycles. The highest BCUT2D eigenvalue weighted by molar-refractivity contribution is 6.39. The highest BCUT2D eigenvalue weighted by atomic mass is 16.6. The van der Waals surface area contributed by atoms with Crippen molar-refractivity contribution >= 4 is 63.2 Å². The summed E-state index contributed by atoms with van der Waals surface area (Å²) < 4.78 is 91.4. The van der Waals surface area contributed by atoms with Crippen molar-refractivity contribution in [2.75, 3.05) is 158 Å². The first-order chi connectivity index (χ1) is 61.4. The number of rotatable bonds is 44. The third kappa shape index (κ3) is 32.1.